The Hall–Kier alpha value is -2.38. The predicted octanol–water partition coefficient (Wildman–Crippen LogP) is 1.90. The van der Waals surface area contributed by atoms with Crippen molar-refractivity contribution < 1.29 is 21.9 Å². The van der Waals surface area contributed by atoms with Gasteiger partial charge in [0, 0.05) is 5.69 Å². The van der Waals surface area contributed by atoms with Gasteiger partial charge in [0.15, 0.2) is 0 Å². The van der Waals surface area contributed by atoms with E-state index in [1.54, 1.807) is 42.5 Å². The first-order valence-corrected chi connectivity index (χ1v) is 6.89. The van der Waals surface area contributed by atoms with E-state index in [-0.39, 0.29) is 11.3 Å². The van der Waals surface area contributed by atoms with Crippen LogP contribution >= 0.6 is 0 Å². The summed E-state index contributed by atoms with van der Waals surface area (Å²) in [7, 11) is -4.87. The van der Waals surface area contributed by atoms with Gasteiger partial charge in [-0.15, -0.1) is 0 Å². The first-order chi connectivity index (χ1) is 9.37. The summed E-state index contributed by atoms with van der Waals surface area (Å²) in [6, 6.07) is 13.3. The monoisotopic (exact) mass is 293 g/mol. The SMILES string of the molecule is Nc1ccc(-c2ccccc2)c(C(=O)OS(=O)(=O)O)c1. The summed E-state index contributed by atoms with van der Waals surface area (Å²) in [6.45, 7) is 0. The van der Waals surface area contributed by atoms with Crippen LogP contribution in [0.4, 0.5) is 5.69 Å². The van der Waals surface area contributed by atoms with Crippen LogP contribution in [0.5, 0.6) is 0 Å². The lowest BCUT2D eigenvalue weighted by molar-refractivity contribution is 0.0728. The second-order valence-electron chi connectivity index (χ2n) is 3.97. The van der Waals surface area contributed by atoms with Gasteiger partial charge in [-0.25, -0.2) is 4.79 Å². The van der Waals surface area contributed by atoms with Crippen molar-refractivity contribution in [1.29, 1.82) is 0 Å². The Kier molecular flexibility index (Phi) is 3.73. The quantitative estimate of drug-likeness (QED) is 0.661. The fraction of sp³-hybridized carbons (Fsp3) is 0. The molecule has 6 nitrogen and oxygen atoms in total. The number of benzene rings is 2. The van der Waals surface area contributed by atoms with Gasteiger partial charge in [0.2, 0.25) is 0 Å². The third-order valence-electron chi connectivity index (χ3n) is 2.53. The lowest BCUT2D eigenvalue weighted by Crippen LogP contribution is -2.13. The summed E-state index contributed by atoms with van der Waals surface area (Å²) >= 11 is 0. The average Bonchev–Trinajstić information content (AvgIpc) is 2.37. The fourth-order valence-electron chi connectivity index (χ4n) is 1.74. The Balaban J connectivity index is 2.52. The molecule has 0 fully saturated rings. The summed E-state index contributed by atoms with van der Waals surface area (Å²) in [6.07, 6.45) is 0. The van der Waals surface area contributed by atoms with Gasteiger partial charge >= 0.3 is 16.4 Å². The number of nitrogens with two attached hydrogens (primary N) is 1. The number of hydrogen-bond acceptors (Lipinski definition) is 5. The Labute approximate surface area is 115 Å². The molecule has 0 heterocycles. The van der Waals surface area contributed by atoms with Crippen molar-refractivity contribution in [2.45, 2.75) is 0 Å². The van der Waals surface area contributed by atoms with Crippen LogP contribution in [-0.2, 0) is 14.6 Å². The lowest BCUT2D eigenvalue weighted by atomic mass is 9.99. The molecule has 0 bridgehead atoms. The lowest BCUT2D eigenvalue weighted by Gasteiger charge is -2.09. The summed E-state index contributed by atoms with van der Waals surface area (Å²) in [4.78, 5) is 11.8. The summed E-state index contributed by atoms with van der Waals surface area (Å²) in [5.74, 6) is -1.20. The zero-order valence-electron chi connectivity index (χ0n) is 10.2. The van der Waals surface area contributed by atoms with Crippen molar-refractivity contribution in [3.05, 3.63) is 54.1 Å². The minimum absolute atomic E-state index is 0.0474. The normalized spacial score (nSPS) is 11.1. The molecular formula is C13H11NO5S. The van der Waals surface area contributed by atoms with Crippen LogP contribution in [0.15, 0.2) is 48.5 Å². The van der Waals surface area contributed by atoms with Crippen LogP contribution in [0.25, 0.3) is 11.1 Å². The smallest absolute Gasteiger partial charge is 0.399 e. The zero-order chi connectivity index (χ0) is 14.8. The van der Waals surface area contributed by atoms with Gasteiger partial charge in [0.25, 0.3) is 0 Å². The van der Waals surface area contributed by atoms with Gasteiger partial charge in [-0.2, -0.15) is 8.42 Å². The molecule has 0 aliphatic carbocycles. The number of nitrogen functional groups attached to an aromatic ring is 1. The molecule has 0 aromatic heterocycles. The van der Waals surface area contributed by atoms with Crippen molar-refractivity contribution in [1.82, 2.24) is 0 Å². The van der Waals surface area contributed by atoms with E-state index in [1.165, 1.54) is 6.07 Å². The Morgan fingerprint density at radius 3 is 2.35 bits per heavy atom. The maximum Gasteiger partial charge on any atom is 0.449 e. The van der Waals surface area contributed by atoms with Gasteiger partial charge in [0.05, 0.1) is 5.56 Å². The van der Waals surface area contributed by atoms with Crippen LogP contribution in [-0.4, -0.2) is 18.9 Å². The van der Waals surface area contributed by atoms with Gasteiger partial charge in [-0.1, -0.05) is 36.4 Å². The number of anilines is 1. The minimum Gasteiger partial charge on any atom is -0.399 e. The molecule has 2 aromatic carbocycles. The molecule has 0 aliphatic rings. The molecule has 104 valence electrons. The highest BCUT2D eigenvalue weighted by molar-refractivity contribution is 7.81. The van der Waals surface area contributed by atoms with Gasteiger partial charge < -0.3 is 9.92 Å². The zero-order valence-corrected chi connectivity index (χ0v) is 11.0. The Morgan fingerprint density at radius 2 is 1.75 bits per heavy atom. The second kappa shape index (κ2) is 5.32. The highest BCUT2D eigenvalue weighted by atomic mass is 32.3. The van der Waals surface area contributed by atoms with E-state index < -0.39 is 16.4 Å². The first kappa shape index (κ1) is 14.0. The number of hydrogen-bond donors (Lipinski definition) is 2. The predicted molar refractivity (Wildman–Crippen MR) is 73.3 cm³/mol. The van der Waals surface area contributed by atoms with E-state index >= 15 is 0 Å². The van der Waals surface area contributed by atoms with Gasteiger partial charge in [-0.3, -0.25) is 4.55 Å². The average molecular weight is 293 g/mol. The Morgan fingerprint density at radius 1 is 1.10 bits per heavy atom. The Bertz CT molecular complexity index is 741. The van der Waals surface area contributed by atoms with Crippen LogP contribution in [0.1, 0.15) is 10.4 Å². The molecule has 0 saturated carbocycles. The van der Waals surface area contributed by atoms with Crippen molar-refractivity contribution in [2.75, 3.05) is 5.73 Å². The van der Waals surface area contributed by atoms with E-state index in [0.29, 0.717) is 11.1 Å². The molecule has 0 spiro atoms. The van der Waals surface area contributed by atoms with Crippen LogP contribution < -0.4 is 5.73 Å². The van der Waals surface area contributed by atoms with Crippen LogP contribution in [0, 0.1) is 0 Å². The third-order valence-corrected chi connectivity index (χ3v) is 2.89. The number of rotatable bonds is 3. The minimum atomic E-state index is -4.87. The number of carbonyl (C=O) groups is 1. The fourth-order valence-corrected chi connectivity index (χ4v) is 2.02. The standard InChI is InChI=1S/C13H11NO5S/c14-10-6-7-11(9-4-2-1-3-5-9)12(8-10)13(15)19-20(16,17)18/h1-8H,14H2,(H,16,17,18). The molecule has 0 saturated heterocycles. The van der Waals surface area contributed by atoms with Gasteiger partial charge in [-0.05, 0) is 23.3 Å². The molecule has 2 rings (SSSR count). The molecule has 7 heteroatoms. The van der Waals surface area contributed by atoms with Gasteiger partial charge in [0.1, 0.15) is 0 Å². The molecule has 0 aliphatic heterocycles. The maximum atomic E-state index is 11.8. The molecule has 0 unspecified atom stereocenters. The summed E-state index contributed by atoms with van der Waals surface area (Å²) in [5, 5.41) is 0. The van der Waals surface area contributed by atoms with Crippen molar-refractivity contribution in [3.63, 3.8) is 0 Å². The third kappa shape index (κ3) is 3.34. The maximum absolute atomic E-state index is 11.8. The van der Waals surface area contributed by atoms with E-state index in [9.17, 15) is 13.2 Å². The van der Waals surface area contributed by atoms with E-state index in [2.05, 4.69) is 4.18 Å². The molecular weight excluding hydrogens is 282 g/mol. The van der Waals surface area contributed by atoms with E-state index in [0.717, 1.165) is 0 Å². The molecule has 0 amide bonds. The molecule has 2 aromatic rings. The number of carbonyl (C=O) groups excluding carboxylic acids is 1. The highest BCUT2D eigenvalue weighted by Crippen LogP contribution is 2.26. The summed E-state index contributed by atoms with van der Waals surface area (Å²) < 4.78 is 33.8. The van der Waals surface area contributed by atoms with Crippen LogP contribution in [0.3, 0.4) is 0 Å². The molecule has 0 atom stereocenters. The van der Waals surface area contributed by atoms with E-state index in [4.69, 9.17) is 10.3 Å². The van der Waals surface area contributed by atoms with Crippen molar-refractivity contribution in [2.24, 2.45) is 0 Å². The topological polar surface area (TPSA) is 107 Å². The van der Waals surface area contributed by atoms with Crippen molar-refractivity contribution in [3.8, 4) is 11.1 Å². The summed E-state index contributed by atoms with van der Waals surface area (Å²) in [5.41, 5.74) is 6.95. The first-order valence-electron chi connectivity index (χ1n) is 5.53. The molecule has 20 heavy (non-hydrogen) atoms. The highest BCUT2D eigenvalue weighted by Gasteiger charge is 2.20. The van der Waals surface area contributed by atoms with E-state index in [1.807, 2.05) is 0 Å². The second-order valence-corrected chi connectivity index (χ2v) is 4.99. The van der Waals surface area contributed by atoms with Crippen molar-refractivity contribution >= 4 is 22.1 Å². The molecule has 3 N–H and O–H groups in total. The largest absolute Gasteiger partial charge is 0.449 e. The van der Waals surface area contributed by atoms with Crippen LogP contribution in [0.2, 0.25) is 0 Å². The molecule has 0 radical (unpaired) electrons.